The molecule has 3 aromatic rings. The molecule has 190 valence electrons. The average molecular weight is 528 g/mol. The van der Waals surface area contributed by atoms with E-state index in [0.29, 0.717) is 48.7 Å². The van der Waals surface area contributed by atoms with Gasteiger partial charge in [0.05, 0.1) is 30.3 Å². The number of benzene rings is 2. The first kappa shape index (κ1) is 24.7. The Morgan fingerprint density at radius 1 is 1.11 bits per heavy atom. The Hall–Kier alpha value is -2.95. The monoisotopic (exact) mass is 527 g/mol. The molecule has 0 bridgehead atoms. The number of aromatic nitrogens is 1. The maximum atomic E-state index is 13.1. The molecule has 0 aliphatic carbocycles. The minimum atomic E-state index is -3.61. The van der Waals surface area contributed by atoms with E-state index < -0.39 is 10.0 Å². The Kier molecular flexibility index (Phi) is 7.27. The molecule has 1 fully saturated rings. The number of hydrogen-bond acceptors (Lipinski definition) is 8. The third-order valence-electron chi connectivity index (χ3n) is 6.48. The number of ether oxygens (including phenoxy) is 2. The summed E-state index contributed by atoms with van der Waals surface area (Å²) in [4.78, 5) is 17.6. The van der Waals surface area contributed by atoms with E-state index in [0.717, 1.165) is 36.3 Å². The molecule has 36 heavy (non-hydrogen) atoms. The standard InChI is InChI=1S/C26H29N3O5S2/c1-18-8-10-29(11-9-18)36(31,32)21-5-2-4-20(14-21)23(30)16-27-26-28-22(17-35-26)19-6-7-24-25(15-19)34-13-3-12-33-24/h2,4-7,14-15,17-18H,3,8-13,16H2,1H3,(H,27,28). The summed E-state index contributed by atoms with van der Waals surface area (Å²) in [6.45, 7) is 4.43. The molecule has 1 aromatic heterocycles. The summed E-state index contributed by atoms with van der Waals surface area (Å²) in [6.07, 6.45) is 2.54. The third kappa shape index (κ3) is 5.40. The second kappa shape index (κ2) is 10.6. The molecule has 0 spiro atoms. The fourth-order valence-electron chi connectivity index (χ4n) is 4.27. The van der Waals surface area contributed by atoms with Crippen LogP contribution in [0.15, 0.2) is 52.7 Å². The summed E-state index contributed by atoms with van der Waals surface area (Å²) in [5.41, 5.74) is 2.03. The van der Waals surface area contributed by atoms with Crippen molar-refractivity contribution in [2.24, 2.45) is 5.92 Å². The topological polar surface area (TPSA) is 97.8 Å². The number of carbonyl (C=O) groups is 1. The lowest BCUT2D eigenvalue weighted by atomic mass is 10.0. The quantitative estimate of drug-likeness (QED) is 0.445. The van der Waals surface area contributed by atoms with Gasteiger partial charge in [0.15, 0.2) is 22.4 Å². The van der Waals surface area contributed by atoms with Crippen LogP contribution in [0.5, 0.6) is 11.5 Å². The molecular weight excluding hydrogens is 498 g/mol. The van der Waals surface area contributed by atoms with Crippen molar-refractivity contribution in [1.29, 1.82) is 0 Å². The van der Waals surface area contributed by atoms with Crippen LogP contribution in [0.4, 0.5) is 5.13 Å². The number of nitrogens with one attached hydrogen (secondary N) is 1. The number of anilines is 1. The molecule has 1 N–H and O–H groups in total. The van der Waals surface area contributed by atoms with Crippen LogP contribution in [0.25, 0.3) is 11.3 Å². The van der Waals surface area contributed by atoms with Crippen molar-refractivity contribution in [2.75, 3.05) is 38.2 Å². The van der Waals surface area contributed by atoms with Crippen LogP contribution < -0.4 is 14.8 Å². The summed E-state index contributed by atoms with van der Waals surface area (Å²) in [7, 11) is -3.61. The highest BCUT2D eigenvalue weighted by atomic mass is 32.2. The number of sulfonamides is 1. The van der Waals surface area contributed by atoms with E-state index in [4.69, 9.17) is 9.47 Å². The first-order valence-corrected chi connectivity index (χ1v) is 14.4. The molecular formula is C26H29N3O5S2. The van der Waals surface area contributed by atoms with Gasteiger partial charge in [-0.2, -0.15) is 4.31 Å². The summed E-state index contributed by atoms with van der Waals surface area (Å²) in [6, 6.07) is 12.0. The van der Waals surface area contributed by atoms with E-state index in [1.807, 2.05) is 23.6 Å². The van der Waals surface area contributed by atoms with Crippen LogP contribution in [-0.2, 0) is 10.0 Å². The lowest BCUT2D eigenvalue weighted by molar-refractivity contribution is 0.101. The molecule has 0 unspecified atom stereocenters. The Balaban J connectivity index is 1.24. The normalized spacial score (nSPS) is 16.9. The first-order valence-electron chi connectivity index (χ1n) is 12.1. The number of Topliss-reactive ketones (excluding diaryl/α,β-unsaturated/α-hetero) is 1. The lowest BCUT2D eigenvalue weighted by Gasteiger charge is -2.29. The van der Waals surface area contributed by atoms with Crippen molar-refractivity contribution in [3.63, 3.8) is 0 Å². The van der Waals surface area contributed by atoms with Gasteiger partial charge in [-0.25, -0.2) is 13.4 Å². The summed E-state index contributed by atoms with van der Waals surface area (Å²) < 4.78 is 39.1. The van der Waals surface area contributed by atoms with Gasteiger partial charge < -0.3 is 14.8 Å². The van der Waals surface area contributed by atoms with E-state index in [9.17, 15) is 13.2 Å². The van der Waals surface area contributed by atoms with Crippen LogP contribution in [0, 0.1) is 5.92 Å². The molecule has 2 aliphatic rings. The zero-order valence-electron chi connectivity index (χ0n) is 20.1. The highest BCUT2D eigenvalue weighted by Gasteiger charge is 2.28. The Morgan fingerprint density at radius 3 is 2.69 bits per heavy atom. The molecule has 5 rings (SSSR count). The molecule has 2 aliphatic heterocycles. The second-order valence-corrected chi connectivity index (χ2v) is 11.9. The molecule has 0 amide bonds. The lowest BCUT2D eigenvalue weighted by Crippen LogP contribution is -2.37. The highest BCUT2D eigenvalue weighted by molar-refractivity contribution is 7.89. The predicted octanol–water partition coefficient (Wildman–Crippen LogP) is 4.69. The predicted molar refractivity (Wildman–Crippen MR) is 140 cm³/mol. The number of fused-ring (bicyclic) bond motifs is 1. The number of rotatable bonds is 7. The zero-order valence-corrected chi connectivity index (χ0v) is 21.7. The van der Waals surface area contributed by atoms with Gasteiger partial charge in [-0.3, -0.25) is 4.79 Å². The maximum absolute atomic E-state index is 13.1. The van der Waals surface area contributed by atoms with Gasteiger partial charge >= 0.3 is 0 Å². The number of piperidine rings is 1. The van der Waals surface area contributed by atoms with Gasteiger partial charge in [-0.1, -0.05) is 19.1 Å². The number of ketones is 1. The number of nitrogens with zero attached hydrogens (tertiary/aromatic N) is 2. The molecule has 2 aromatic carbocycles. The smallest absolute Gasteiger partial charge is 0.243 e. The van der Waals surface area contributed by atoms with Crippen LogP contribution in [-0.4, -0.2) is 56.3 Å². The van der Waals surface area contributed by atoms with Crippen molar-refractivity contribution in [3.05, 3.63) is 53.4 Å². The molecule has 10 heteroatoms. The van der Waals surface area contributed by atoms with Crippen molar-refractivity contribution in [1.82, 2.24) is 9.29 Å². The molecule has 0 radical (unpaired) electrons. The second-order valence-electron chi connectivity index (χ2n) is 9.14. The van der Waals surface area contributed by atoms with Crippen LogP contribution in [0.3, 0.4) is 0 Å². The van der Waals surface area contributed by atoms with Gasteiger partial charge in [0.2, 0.25) is 10.0 Å². The molecule has 8 nitrogen and oxygen atoms in total. The Labute approximate surface area is 215 Å². The first-order chi connectivity index (χ1) is 17.4. The molecule has 0 saturated carbocycles. The number of thiazole rings is 1. The molecule has 0 atom stereocenters. The van der Waals surface area contributed by atoms with Crippen LogP contribution >= 0.6 is 11.3 Å². The maximum Gasteiger partial charge on any atom is 0.243 e. The number of carbonyl (C=O) groups excluding carboxylic acids is 1. The van der Waals surface area contributed by atoms with Crippen molar-refractivity contribution >= 4 is 32.3 Å². The van der Waals surface area contributed by atoms with Gasteiger partial charge in [0.1, 0.15) is 0 Å². The van der Waals surface area contributed by atoms with Crippen molar-refractivity contribution < 1.29 is 22.7 Å². The summed E-state index contributed by atoms with van der Waals surface area (Å²) >= 11 is 1.40. The molecule has 3 heterocycles. The van der Waals surface area contributed by atoms with E-state index in [1.165, 1.54) is 21.7 Å². The van der Waals surface area contributed by atoms with Crippen molar-refractivity contribution in [3.8, 4) is 22.8 Å². The largest absolute Gasteiger partial charge is 0.490 e. The van der Waals surface area contributed by atoms with Gasteiger partial charge in [-0.05, 0) is 49.1 Å². The number of hydrogen-bond donors (Lipinski definition) is 1. The van der Waals surface area contributed by atoms with Gasteiger partial charge in [0, 0.05) is 36.0 Å². The average Bonchev–Trinajstić information content (AvgIpc) is 3.24. The highest BCUT2D eigenvalue weighted by Crippen LogP contribution is 2.35. The minimum absolute atomic E-state index is 0.0127. The van der Waals surface area contributed by atoms with E-state index in [2.05, 4.69) is 17.2 Å². The fraction of sp³-hybridized carbons (Fsp3) is 0.385. The van der Waals surface area contributed by atoms with E-state index >= 15 is 0 Å². The van der Waals surface area contributed by atoms with E-state index in [-0.39, 0.29) is 17.2 Å². The van der Waals surface area contributed by atoms with Crippen molar-refractivity contribution in [2.45, 2.75) is 31.1 Å². The van der Waals surface area contributed by atoms with Crippen LogP contribution in [0.2, 0.25) is 0 Å². The summed E-state index contributed by atoms with van der Waals surface area (Å²) in [5.74, 6) is 1.76. The third-order valence-corrected chi connectivity index (χ3v) is 9.18. The minimum Gasteiger partial charge on any atom is -0.490 e. The van der Waals surface area contributed by atoms with Gasteiger partial charge in [-0.15, -0.1) is 11.3 Å². The van der Waals surface area contributed by atoms with Gasteiger partial charge in [0.25, 0.3) is 0 Å². The Morgan fingerprint density at radius 2 is 1.89 bits per heavy atom. The Bertz CT molecular complexity index is 1350. The SMILES string of the molecule is CC1CCN(S(=O)(=O)c2cccc(C(=O)CNc3nc(-c4ccc5c(c4)OCCCO5)cs3)c2)CC1. The fourth-order valence-corrected chi connectivity index (χ4v) is 6.51. The molecule has 1 saturated heterocycles. The summed E-state index contributed by atoms with van der Waals surface area (Å²) in [5, 5.41) is 5.60. The van der Waals surface area contributed by atoms with E-state index in [1.54, 1.807) is 18.2 Å². The van der Waals surface area contributed by atoms with Crippen LogP contribution in [0.1, 0.15) is 36.5 Å². The zero-order chi connectivity index (χ0) is 25.1.